The van der Waals surface area contributed by atoms with Gasteiger partial charge in [0.05, 0.1) is 5.56 Å². The van der Waals surface area contributed by atoms with Gasteiger partial charge in [-0.1, -0.05) is 176 Å². The highest BCUT2D eigenvalue weighted by atomic mass is 16.3. The molecule has 3 heterocycles. The summed E-state index contributed by atoms with van der Waals surface area (Å²) in [6.45, 7) is 0. The number of para-hydroxylation sites is 2. The zero-order valence-corrected chi connectivity index (χ0v) is 33.4. The molecule has 5 heteroatoms. The molecule has 0 saturated heterocycles. The number of hydrogen-bond acceptors (Lipinski definition) is 5. The Kier molecular flexibility index (Phi) is 8.42. The largest absolute Gasteiger partial charge is 0.455 e. The Morgan fingerprint density at radius 3 is 1.45 bits per heavy atom. The molecule has 0 radical (unpaired) electrons. The molecule has 0 aliphatic heterocycles. The van der Waals surface area contributed by atoms with Crippen molar-refractivity contribution >= 4 is 43.9 Å². The molecule has 9 aromatic carbocycles. The summed E-state index contributed by atoms with van der Waals surface area (Å²) in [6.07, 6.45) is 0. The fraction of sp³-hybridized carbons (Fsp3) is 0. The first-order valence-electron chi connectivity index (χ1n) is 20.8. The van der Waals surface area contributed by atoms with Gasteiger partial charge in [-0.15, -0.1) is 0 Å². The van der Waals surface area contributed by atoms with Gasteiger partial charge in [-0.2, -0.15) is 0 Å². The Labute approximate surface area is 357 Å². The lowest BCUT2D eigenvalue weighted by Crippen LogP contribution is -2.01. The van der Waals surface area contributed by atoms with Gasteiger partial charge in [0.25, 0.3) is 0 Å². The minimum absolute atomic E-state index is 0.518. The molecule has 0 aliphatic rings. The van der Waals surface area contributed by atoms with Gasteiger partial charge < -0.3 is 8.83 Å². The average Bonchev–Trinajstić information content (AvgIpc) is 3.94. The van der Waals surface area contributed by atoms with Crippen LogP contribution in [0.5, 0.6) is 0 Å². The highest BCUT2D eigenvalue weighted by Crippen LogP contribution is 2.46. The van der Waals surface area contributed by atoms with Crippen LogP contribution in [0.3, 0.4) is 0 Å². The van der Waals surface area contributed by atoms with Crippen molar-refractivity contribution in [2.75, 3.05) is 0 Å². The first kappa shape index (κ1) is 35.5. The summed E-state index contributed by atoms with van der Waals surface area (Å²) in [5, 5.41) is 3.96. The van der Waals surface area contributed by atoms with Crippen LogP contribution >= 0.6 is 0 Å². The van der Waals surface area contributed by atoms with E-state index >= 15 is 0 Å². The molecule has 0 atom stereocenters. The molecule has 0 saturated carbocycles. The molecule has 12 rings (SSSR count). The molecule has 290 valence electrons. The summed E-state index contributed by atoms with van der Waals surface area (Å²) in [4.78, 5) is 15.9. The van der Waals surface area contributed by atoms with Crippen LogP contribution in [0, 0.1) is 0 Å². The van der Waals surface area contributed by atoms with Gasteiger partial charge in [0, 0.05) is 43.8 Å². The summed E-state index contributed by atoms with van der Waals surface area (Å²) in [7, 11) is 0. The summed E-state index contributed by atoms with van der Waals surface area (Å²) >= 11 is 0. The van der Waals surface area contributed by atoms with Gasteiger partial charge in [0.2, 0.25) is 0 Å². The molecular weight excluding hydrogens is 759 g/mol. The number of hydrogen-bond donors (Lipinski definition) is 0. The van der Waals surface area contributed by atoms with Crippen molar-refractivity contribution in [1.82, 2.24) is 15.0 Å². The van der Waals surface area contributed by atoms with E-state index in [1.807, 2.05) is 48.5 Å². The molecule has 12 aromatic rings. The number of nitrogens with zero attached hydrogens (tertiary/aromatic N) is 3. The van der Waals surface area contributed by atoms with Crippen LogP contribution < -0.4 is 0 Å². The van der Waals surface area contributed by atoms with Gasteiger partial charge in [0.1, 0.15) is 22.3 Å². The Balaban J connectivity index is 1.16. The lowest BCUT2D eigenvalue weighted by molar-refractivity contribution is 0.669. The normalized spacial score (nSPS) is 11.5. The highest BCUT2D eigenvalue weighted by molar-refractivity contribution is 6.19. The topological polar surface area (TPSA) is 65.0 Å². The van der Waals surface area contributed by atoms with Crippen molar-refractivity contribution < 1.29 is 8.83 Å². The van der Waals surface area contributed by atoms with E-state index in [0.29, 0.717) is 17.5 Å². The molecule has 0 aliphatic carbocycles. The van der Waals surface area contributed by atoms with Crippen LogP contribution in [0.25, 0.3) is 123 Å². The maximum absolute atomic E-state index is 7.17. The van der Waals surface area contributed by atoms with E-state index in [2.05, 4.69) is 164 Å². The second-order valence-corrected chi connectivity index (χ2v) is 15.5. The zero-order valence-electron chi connectivity index (χ0n) is 33.4. The first-order valence-corrected chi connectivity index (χ1v) is 20.8. The summed E-state index contributed by atoms with van der Waals surface area (Å²) < 4.78 is 13.7. The van der Waals surface area contributed by atoms with Crippen molar-refractivity contribution in [1.29, 1.82) is 0 Å². The number of benzene rings is 9. The summed E-state index contributed by atoms with van der Waals surface area (Å²) in [5.74, 6) is 1.61. The van der Waals surface area contributed by atoms with Gasteiger partial charge >= 0.3 is 0 Å². The number of rotatable bonds is 7. The third-order valence-corrected chi connectivity index (χ3v) is 11.8. The van der Waals surface area contributed by atoms with Crippen molar-refractivity contribution in [3.63, 3.8) is 0 Å². The zero-order chi connectivity index (χ0) is 41.0. The number of furan rings is 2. The third kappa shape index (κ3) is 6.06. The molecule has 62 heavy (non-hydrogen) atoms. The van der Waals surface area contributed by atoms with Crippen molar-refractivity contribution in [3.05, 3.63) is 212 Å². The van der Waals surface area contributed by atoms with Crippen LogP contribution in [-0.2, 0) is 0 Å². The van der Waals surface area contributed by atoms with E-state index in [-0.39, 0.29) is 0 Å². The Morgan fingerprint density at radius 1 is 0.258 bits per heavy atom. The number of aromatic nitrogens is 3. The quantitative estimate of drug-likeness (QED) is 0.161. The van der Waals surface area contributed by atoms with Gasteiger partial charge in [-0.05, 0) is 69.8 Å². The fourth-order valence-electron chi connectivity index (χ4n) is 8.75. The van der Waals surface area contributed by atoms with Crippen LogP contribution in [0.1, 0.15) is 0 Å². The Bertz CT molecular complexity index is 3600. The minimum Gasteiger partial charge on any atom is -0.455 e. The predicted octanol–water partition coefficient (Wildman–Crippen LogP) is 15.3. The minimum atomic E-state index is 0.518. The smallest absolute Gasteiger partial charge is 0.167 e. The van der Waals surface area contributed by atoms with Crippen LogP contribution in [0.2, 0.25) is 0 Å². The van der Waals surface area contributed by atoms with E-state index < -0.39 is 0 Å². The van der Waals surface area contributed by atoms with Gasteiger partial charge in [0.15, 0.2) is 17.5 Å². The van der Waals surface area contributed by atoms with Crippen LogP contribution in [-0.4, -0.2) is 15.0 Å². The second-order valence-electron chi connectivity index (χ2n) is 15.5. The monoisotopic (exact) mass is 793 g/mol. The lowest BCUT2D eigenvalue weighted by Gasteiger charge is -2.12. The summed E-state index contributed by atoms with van der Waals surface area (Å²) in [6, 6.07) is 73.3. The molecular formula is C57H35N3O2. The molecule has 0 bridgehead atoms. The van der Waals surface area contributed by atoms with Crippen LogP contribution in [0.15, 0.2) is 221 Å². The predicted molar refractivity (Wildman–Crippen MR) is 252 cm³/mol. The molecule has 3 aromatic heterocycles. The maximum Gasteiger partial charge on any atom is 0.167 e. The van der Waals surface area contributed by atoms with Crippen molar-refractivity contribution in [2.24, 2.45) is 0 Å². The Hall–Kier alpha value is -8.41. The third-order valence-electron chi connectivity index (χ3n) is 11.8. The van der Waals surface area contributed by atoms with Crippen molar-refractivity contribution in [2.45, 2.75) is 0 Å². The molecule has 0 fully saturated rings. The standard InChI is InChI=1S/C57H35N3O2/c1-5-16-36(17-6-1)38-28-30-41(31-29-38)55-58-56(60-57(59-55)47-26-15-25-45-44-24-13-14-27-50(44)61-52(45)47)46-33-32-43(39-20-9-3-10-21-39)54-51(46)49-35-42(37-18-7-2-8-19-37)34-48(53(49)62-54)40-22-11-4-12-23-40/h1-35H. The first-order chi connectivity index (χ1) is 30.7. The lowest BCUT2D eigenvalue weighted by atomic mass is 9.93. The van der Waals surface area contributed by atoms with E-state index in [9.17, 15) is 0 Å². The molecule has 0 N–H and O–H groups in total. The van der Waals surface area contributed by atoms with Gasteiger partial charge in [-0.25, -0.2) is 15.0 Å². The molecule has 0 unspecified atom stereocenters. The van der Waals surface area contributed by atoms with Crippen LogP contribution in [0.4, 0.5) is 0 Å². The van der Waals surface area contributed by atoms with Crippen molar-refractivity contribution in [3.8, 4) is 78.7 Å². The van der Waals surface area contributed by atoms with E-state index in [1.54, 1.807) is 0 Å². The summed E-state index contributed by atoms with van der Waals surface area (Å²) in [5.41, 5.74) is 14.2. The van der Waals surface area contributed by atoms with E-state index in [0.717, 1.165) is 105 Å². The maximum atomic E-state index is 7.17. The SMILES string of the molecule is c1ccc(-c2ccc(-c3nc(-c4cccc5c4oc4ccccc45)nc(-c4ccc(-c5ccccc5)c5oc6c(-c7ccccc7)cc(-c7ccccc7)cc6c45)n3)cc2)cc1. The molecule has 5 nitrogen and oxygen atoms in total. The molecule has 0 amide bonds. The molecule has 0 spiro atoms. The van der Waals surface area contributed by atoms with E-state index in [1.165, 1.54) is 0 Å². The van der Waals surface area contributed by atoms with Gasteiger partial charge in [-0.3, -0.25) is 0 Å². The Morgan fingerprint density at radius 2 is 0.758 bits per heavy atom. The second kappa shape index (κ2) is 14.7. The fourth-order valence-corrected chi connectivity index (χ4v) is 8.75. The highest BCUT2D eigenvalue weighted by Gasteiger charge is 2.24. The average molecular weight is 794 g/mol. The number of fused-ring (bicyclic) bond motifs is 6. The van der Waals surface area contributed by atoms with E-state index in [4.69, 9.17) is 23.8 Å².